The molecule has 20 heavy (non-hydrogen) atoms. The molecular weight excluding hydrogens is 544 g/mol. The Hall–Kier alpha value is 0.794. The van der Waals surface area contributed by atoms with E-state index in [0.29, 0.717) is 0 Å². The summed E-state index contributed by atoms with van der Waals surface area (Å²) in [7, 11) is -0.338. The lowest BCUT2D eigenvalue weighted by Gasteiger charge is -2.07. The first-order valence-electron chi connectivity index (χ1n) is 6.45. The summed E-state index contributed by atoms with van der Waals surface area (Å²) in [5.74, 6) is 0. The molecule has 0 aliphatic rings. The van der Waals surface area contributed by atoms with Gasteiger partial charge >= 0.3 is 0 Å². The molecule has 0 nitrogen and oxygen atoms in total. The highest BCUT2D eigenvalue weighted by atomic mass is 79.9. The second-order valence-corrected chi connectivity index (χ2v) is 11.9. The van der Waals surface area contributed by atoms with Gasteiger partial charge in [0.25, 0.3) is 0 Å². The largest absolute Gasteiger partial charge is 0.0625 e. The van der Waals surface area contributed by atoms with Crippen molar-refractivity contribution >= 4 is 93.1 Å². The Bertz CT molecular complexity index is 548. The van der Waals surface area contributed by atoms with E-state index in [4.69, 9.17) is 0 Å². The zero-order valence-electron chi connectivity index (χ0n) is 10.8. The summed E-state index contributed by atoms with van der Waals surface area (Å²) >= 11 is 14.5. The standard InChI is InChI=1S/C14H14Br4Si2/c15-9-3-1-5-11(13(9)17)19-7-8-20-12-6-2-4-10(16)14(12)18/h1-6H,7-8,19-20H2. The van der Waals surface area contributed by atoms with Gasteiger partial charge in [0.05, 0.1) is 19.0 Å². The van der Waals surface area contributed by atoms with Crippen molar-refractivity contribution in [1.82, 2.24) is 0 Å². The Morgan fingerprint density at radius 1 is 0.650 bits per heavy atom. The van der Waals surface area contributed by atoms with Gasteiger partial charge in [-0.2, -0.15) is 0 Å². The molecule has 2 aromatic carbocycles. The van der Waals surface area contributed by atoms with E-state index in [0.717, 1.165) is 0 Å². The zero-order chi connectivity index (χ0) is 14.5. The van der Waals surface area contributed by atoms with E-state index in [1.807, 2.05) is 0 Å². The first-order chi connectivity index (χ1) is 9.59. The summed E-state index contributed by atoms with van der Waals surface area (Å²) in [6.07, 6.45) is 0. The highest BCUT2D eigenvalue weighted by Crippen LogP contribution is 2.21. The Kier molecular flexibility index (Phi) is 7.23. The number of hydrogen-bond donors (Lipinski definition) is 0. The van der Waals surface area contributed by atoms with E-state index in [1.54, 1.807) is 0 Å². The molecule has 0 radical (unpaired) electrons. The maximum absolute atomic E-state index is 3.68. The molecule has 0 aliphatic carbocycles. The van der Waals surface area contributed by atoms with Crippen molar-refractivity contribution < 1.29 is 0 Å². The van der Waals surface area contributed by atoms with E-state index in [9.17, 15) is 0 Å². The molecule has 0 fully saturated rings. The lowest BCUT2D eigenvalue weighted by Crippen LogP contribution is -2.19. The van der Waals surface area contributed by atoms with Crippen molar-refractivity contribution in [2.75, 3.05) is 0 Å². The molecule has 0 spiro atoms. The zero-order valence-corrected chi connectivity index (χ0v) is 20.0. The normalized spacial score (nSPS) is 12.0. The van der Waals surface area contributed by atoms with Gasteiger partial charge in [0.1, 0.15) is 0 Å². The highest BCUT2D eigenvalue weighted by molar-refractivity contribution is 9.13. The third kappa shape index (κ3) is 4.64. The molecule has 106 valence electrons. The molecule has 0 unspecified atom stereocenters. The lowest BCUT2D eigenvalue weighted by atomic mass is 10.4. The van der Waals surface area contributed by atoms with Gasteiger partial charge in [-0.1, -0.05) is 46.7 Å². The van der Waals surface area contributed by atoms with Crippen molar-refractivity contribution in [2.45, 2.75) is 12.1 Å². The van der Waals surface area contributed by atoms with Crippen LogP contribution in [0.4, 0.5) is 0 Å². The Labute approximate surface area is 158 Å². The fraction of sp³-hybridized carbons (Fsp3) is 0.143. The Morgan fingerprint density at radius 2 is 1.05 bits per heavy atom. The smallest absolute Gasteiger partial charge is 0.0560 e. The van der Waals surface area contributed by atoms with Crippen LogP contribution in [0.1, 0.15) is 0 Å². The molecule has 2 rings (SSSR count). The summed E-state index contributed by atoms with van der Waals surface area (Å²) in [4.78, 5) is 0. The van der Waals surface area contributed by atoms with Crippen molar-refractivity contribution in [2.24, 2.45) is 0 Å². The van der Waals surface area contributed by atoms with Crippen LogP contribution >= 0.6 is 63.7 Å². The second kappa shape index (κ2) is 8.43. The van der Waals surface area contributed by atoms with E-state index >= 15 is 0 Å². The van der Waals surface area contributed by atoms with Gasteiger partial charge in [0.2, 0.25) is 0 Å². The second-order valence-electron chi connectivity index (χ2n) is 4.63. The summed E-state index contributed by atoms with van der Waals surface area (Å²) in [6, 6.07) is 15.8. The number of halogens is 4. The average molecular weight is 558 g/mol. The third-order valence-corrected chi connectivity index (χ3v) is 13.5. The molecular formula is C14H14Br4Si2. The SMILES string of the molecule is Brc1cccc([SiH2]CC[SiH2]c2cccc(Br)c2Br)c1Br. The molecule has 2 aromatic rings. The number of hydrogen-bond acceptors (Lipinski definition) is 0. The van der Waals surface area contributed by atoms with Crippen LogP contribution in [0.25, 0.3) is 0 Å². The average Bonchev–Trinajstić information content (AvgIpc) is 2.43. The maximum atomic E-state index is 3.68. The fourth-order valence-electron chi connectivity index (χ4n) is 2.11. The summed E-state index contributed by atoms with van der Waals surface area (Å²) in [5.41, 5.74) is 0. The molecule has 0 N–H and O–H groups in total. The van der Waals surface area contributed by atoms with Crippen molar-refractivity contribution in [3.63, 3.8) is 0 Å². The quantitative estimate of drug-likeness (QED) is 0.387. The topological polar surface area (TPSA) is 0 Å². The number of rotatable bonds is 5. The van der Waals surface area contributed by atoms with Crippen molar-refractivity contribution in [1.29, 1.82) is 0 Å². The Morgan fingerprint density at radius 3 is 1.45 bits per heavy atom. The van der Waals surface area contributed by atoms with Gasteiger partial charge in [-0.25, -0.2) is 0 Å². The van der Waals surface area contributed by atoms with Crippen LogP contribution in [0.3, 0.4) is 0 Å². The highest BCUT2D eigenvalue weighted by Gasteiger charge is 2.06. The molecule has 0 aromatic heterocycles. The van der Waals surface area contributed by atoms with Gasteiger partial charge in [-0.3, -0.25) is 0 Å². The third-order valence-electron chi connectivity index (χ3n) is 3.21. The minimum Gasteiger partial charge on any atom is -0.0625 e. The van der Waals surface area contributed by atoms with Crippen LogP contribution < -0.4 is 10.4 Å². The van der Waals surface area contributed by atoms with Crippen LogP contribution in [-0.4, -0.2) is 19.0 Å². The van der Waals surface area contributed by atoms with E-state index in [2.05, 4.69) is 100 Å². The van der Waals surface area contributed by atoms with Crippen LogP contribution in [0.5, 0.6) is 0 Å². The van der Waals surface area contributed by atoms with Crippen molar-refractivity contribution in [3.8, 4) is 0 Å². The predicted octanol–water partition coefficient (Wildman–Crippen LogP) is 3.86. The lowest BCUT2D eigenvalue weighted by molar-refractivity contribution is 1.42. The van der Waals surface area contributed by atoms with E-state index in [-0.39, 0.29) is 19.0 Å². The molecule has 6 heteroatoms. The van der Waals surface area contributed by atoms with Crippen LogP contribution in [0.2, 0.25) is 12.1 Å². The summed E-state index contributed by atoms with van der Waals surface area (Å²) in [5, 5.41) is 3.06. The number of benzene rings is 2. The van der Waals surface area contributed by atoms with Crippen LogP contribution in [0.15, 0.2) is 54.3 Å². The molecule has 0 amide bonds. The van der Waals surface area contributed by atoms with Gasteiger partial charge in [-0.05, 0) is 75.9 Å². The molecule has 0 heterocycles. The van der Waals surface area contributed by atoms with Crippen LogP contribution in [-0.2, 0) is 0 Å². The van der Waals surface area contributed by atoms with E-state index in [1.165, 1.54) is 40.4 Å². The van der Waals surface area contributed by atoms with Crippen molar-refractivity contribution in [3.05, 3.63) is 54.3 Å². The summed E-state index contributed by atoms with van der Waals surface area (Å²) in [6.45, 7) is 0. The van der Waals surface area contributed by atoms with Gasteiger partial charge < -0.3 is 0 Å². The summed E-state index contributed by atoms with van der Waals surface area (Å²) < 4.78 is 4.87. The molecule has 0 atom stereocenters. The maximum Gasteiger partial charge on any atom is 0.0560 e. The Balaban J connectivity index is 1.88. The first-order valence-corrected chi connectivity index (χ1v) is 13.0. The van der Waals surface area contributed by atoms with Gasteiger partial charge in [0.15, 0.2) is 0 Å². The molecule has 0 aliphatic heterocycles. The van der Waals surface area contributed by atoms with Gasteiger partial charge in [-0.15, -0.1) is 0 Å². The first kappa shape index (κ1) is 17.2. The minimum atomic E-state index is -0.169. The minimum absolute atomic E-state index is 0.169. The van der Waals surface area contributed by atoms with Gasteiger partial charge in [0, 0.05) is 17.9 Å². The molecule has 0 saturated carbocycles. The monoisotopic (exact) mass is 554 g/mol. The van der Waals surface area contributed by atoms with Crippen LogP contribution in [0, 0.1) is 0 Å². The fourth-order valence-corrected chi connectivity index (χ4v) is 9.35. The molecule has 0 saturated heterocycles. The molecule has 0 bridgehead atoms. The predicted molar refractivity (Wildman–Crippen MR) is 110 cm³/mol. The van der Waals surface area contributed by atoms with E-state index < -0.39 is 0 Å².